The van der Waals surface area contributed by atoms with E-state index in [9.17, 15) is 4.79 Å². The van der Waals surface area contributed by atoms with Gasteiger partial charge in [-0.15, -0.1) is 0 Å². The molecule has 1 amide bonds. The van der Waals surface area contributed by atoms with Gasteiger partial charge in [0, 0.05) is 22.0 Å². The molecule has 1 fully saturated rings. The van der Waals surface area contributed by atoms with Gasteiger partial charge in [-0.25, -0.2) is 0 Å². The van der Waals surface area contributed by atoms with Gasteiger partial charge in [0.1, 0.15) is 5.92 Å². The van der Waals surface area contributed by atoms with E-state index in [1.54, 1.807) is 12.1 Å². The predicted molar refractivity (Wildman–Crippen MR) is 147 cm³/mol. The molecule has 2 aliphatic heterocycles. The second-order valence-electron chi connectivity index (χ2n) is 9.29. The minimum Gasteiger partial charge on any atom is -0.490 e. The molecule has 0 saturated carbocycles. The number of nitrogens with zero attached hydrogens (tertiary/aromatic N) is 1. The van der Waals surface area contributed by atoms with E-state index in [1.165, 1.54) is 0 Å². The molecule has 0 spiro atoms. The van der Waals surface area contributed by atoms with E-state index in [2.05, 4.69) is 10.6 Å². The molecule has 8 heteroatoms. The van der Waals surface area contributed by atoms with Crippen LogP contribution in [-0.2, 0) is 4.79 Å². The maximum absolute atomic E-state index is 14.0. The predicted octanol–water partition coefficient (Wildman–Crippen LogP) is 6.15. The van der Waals surface area contributed by atoms with Gasteiger partial charge < -0.3 is 20.1 Å². The van der Waals surface area contributed by atoms with E-state index in [4.69, 9.17) is 33.3 Å². The highest BCUT2D eigenvalue weighted by atomic mass is 35.5. The number of carbonyl (C=O) groups excluding carboxylic acids is 1. The molecular weight excluding hydrogens is 494 g/mol. The standard InChI is InChI=1S/C28H28ClN3O3S/c1-5-34-22-8-6-7-20-24-23(26(33)30-21-14-9-16(2)15-17(21)3)28(4,35-25(20)22)32(27(36)31-24)19-12-10-18(29)11-13-19/h6-15,23-24H,5H2,1-4H3,(H,30,33)(H,31,36)/t23-,24-,28+/m1/s1. The summed E-state index contributed by atoms with van der Waals surface area (Å²) in [5, 5.41) is 7.65. The van der Waals surface area contributed by atoms with Crippen LogP contribution in [0.1, 0.15) is 36.6 Å². The lowest BCUT2D eigenvalue weighted by Gasteiger charge is -2.56. The summed E-state index contributed by atoms with van der Waals surface area (Å²) in [5.74, 6) is 0.419. The van der Waals surface area contributed by atoms with Crippen molar-refractivity contribution in [3.63, 3.8) is 0 Å². The number of aryl methyl sites for hydroxylation is 2. The molecule has 5 rings (SSSR count). The number of fused-ring (bicyclic) bond motifs is 4. The first-order valence-electron chi connectivity index (χ1n) is 11.9. The number of para-hydroxylation sites is 1. The highest BCUT2D eigenvalue weighted by Gasteiger charge is 2.59. The van der Waals surface area contributed by atoms with Crippen LogP contribution < -0.4 is 25.0 Å². The lowest BCUT2D eigenvalue weighted by molar-refractivity contribution is -0.130. The number of rotatable bonds is 5. The number of nitrogens with one attached hydrogen (secondary N) is 2. The van der Waals surface area contributed by atoms with Crippen LogP contribution >= 0.6 is 23.8 Å². The average Bonchev–Trinajstić information content (AvgIpc) is 2.82. The van der Waals surface area contributed by atoms with E-state index in [0.717, 1.165) is 28.1 Å². The number of carbonyl (C=O) groups is 1. The molecule has 0 unspecified atom stereocenters. The van der Waals surface area contributed by atoms with Crippen molar-refractivity contribution >= 4 is 46.2 Å². The summed E-state index contributed by atoms with van der Waals surface area (Å²) in [6.07, 6.45) is 0. The second-order valence-corrected chi connectivity index (χ2v) is 10.1. The van der Waals surface area contributed by atoms with Gasteiger partial charge in [0.2, 0.25) is 5.91 Å². The molecule has 0 aliphatic carbocycles. The van der Waals surface area contributed by atoms with Crippen molar-refractivity contribution in [3.05, 3.63) is 82.4 Å². The summed E-state index contributed by atoms with van der Waals surface area (Å²) in [4.78, 5) is 15.9. The summed E-state index contributed by atoms with van der Waals surface area (Å²) in [6, 6.07) is 18.6. The SMILES string of the molecule is CCOc1cccc2c1O[C@@]1(C)[C@@H](C(=O)Nc3ccc(C)cc3C)[C@@H]2NC(=S)N1c1ccc(Cl)cc1. The third-order valence-corrected chi connectivity index (χ3v) is 7.35. The number of thiocarbonyl (C=S) groups is 1. The smallest absolute Gasteiger partial charge is 0.236 e. The van der Waals surface area contributed by atoms with Crippen molar-refractivity contribution in [3.8, 4) is 11.5 Å². The normalized spacial score (nSPS) is 22.2. The Morgan fingerprint density at radius 3 is 2.64 bits per heavy atom. The van der Waals surface area contributed by atoms with Crippen molar-refractivity contribution < 1.29 is 14.3 Å². The zero-order chi connectivity index (χ0) is 25.6. The van der Waals surface area contributed by atoms with Crippen LogP contribution in [0.3, 0.4) is 0 Å². The summed E-state index contributed by atoms with van der Waals surface area (Å²) < 4.78 is 12.6. The molecule has 6 nitrogen and oxygen atoms in total. The molecule has 2 N–H and O–H groups in total. The van der Waals surface area contributed by atoms with E-state index in [1.807, 2.05) is 81.1 Å². The van der Waals surface area contributed by atoms with E-state index in [-0.39, 0.29) is 5.91 Å². The maximum atomic E-state index is 14.0. The number of hydrogen-bond donors (Lipinski definition) is 2. The monoisotopic (exact) mass is 521 g/mol. The molecule has 2 aliphatic rings. The Morgan fingerprint density at radius 1 is 1.19 bits per heavy atom. The molecule has 1 saturated heterocycles. The van der Waals surface area contributed by atoms with Crippen LogP contribution in [-0.4, -0.2) is 23.4 Å². The van der Waals surface area contributed by atoms with Gasteiger partial charge in [-0.3, -0.25) is 9.69 Å². The lowest BCUT2D eigenvalue weighted by atomic mass is 9.78. The lowest BCUT2D eigenvalue weighted by Crippen LogP contribution is -2.72. The fourth-order valence-corrected chi connectivity index (χ4v) is 5.72. The van der Waals surface area contributed by atoms with E-state index < -0.39 is 17.7 Å². The molecule has 2 heterocycles. The molecule has 36 heavy (non-hydrogen) atoms. The molecule has 3 atom stereocenters. The van der Waals surface area contributed by atoms with E-state index in [0.29, 0.717) is 28.2 Å². The first-order valence-corrected chi connectivity index (χ1v) is 12.7. The third-order valence-electron chi connectivity index (χ3n) is 6.80. The summed E-state index contributed by atoms with van der Waals surface area (Å²) in [7, 11) is 0. The Labute approximate surface area is 221 Å². The Hall–Kier alpha value is -3.29. The second kappa shape index (κ2) is 9.30. The summed E-state index contributed by atoms with van der Waals surface area (Å²) in [5.41, 5.74) is 3.34. The van der Waals surface area contributed by atoms with Gasteiger partial charge in [0.15, 0.2) is 22.3 Å². The fourth-order valence-electron chi connectivity index (χ4n) is 5.18. The maximum Gasteiger partial charge on any atom is 0.236 e. The Bertz CT molecular complexity index is 1350. The van der Waals surface area contributed by atoms with Gasteiger partial charge in [-0.1, -0.05) is 41.4 Å². The van der Waals surface area contributed by atoms with Gasteiger partial charge >= 0.3 is 0 Å². The Morgan fingerprint density at radius 2 is 1.94 bits per heavy atom. The first-order chi connectivity index (χ1) is 17.2. The molecule has 3 aromatic rings. The Kier molecular flexibility index (Phi) is 6.30. The van der Waals surface area contributed by atoms with Gasteiger partial charge in [0.05, 0.1) is 12.6 Å². The van der Waals surface area contributed by atoms with Gasteiger partial charge in [0.25, 0.3) is 0 Å². The van der Waals surface area contributed by atoms with Crippen LogP contribution in [0.5, 0.6) is 11.5 Å². The molecule has 2 bridgehead atoms. The molecule has 0 radical (unpaired) electrons. The van der Waals surface area contributed by atoms with Crippen molar-refractivity contribution in [2.75, 3.05) is 16.8 Å². The highest BCUT2D eigenvalue weighted by Crippen LogP contribution is 2.52. The van der Waals surface area contributed by atoms with Crippen LogP contribution in [0, 0.1) is 19.8 Å². The average molecular weight is 522 g/mol. The zero-order valence-corrected chi connectivity index (χ0v) is 22.2. The number of halogens is 1. The quantitative estimate of drug-likeness (QED) is 0.392. The topological polar surface area (TPSA) is 62.8 Å². The zero-order valence-electron chi connectivity index (χ0n) is 20.6. The highest BCUT2D eigenvalue weighted by molar-refractivity contribution is 7.80. The number of hydrogen-bond acceptors (Lipinski definition) is 4. The molecule has 0 aromatic heterocycles. The van der Waals surface area contributed by atoms with Crippen LogP contribution in [0.25, 0.3) is 0 Å². The molecular formula is C28H28ClN3O3S. The van der Waals surface area contributed by atoms with Crippen LogP contribution in [0.4, 0.5) is 11.4 Å². The van der Waals surface area contributed by atoms with Crippen molar-refractivity contribution in [1.29, 1.82) is 0 Å². The van der Waals surface area contributed by atoms with Gasteiger partial charge in [-0.2, -0.15) is 0 Å². The summed E-state index contributed by atoms with van der Waals surface area (Å²) >= 11 is 12.0. The minimum absolute atomic E-state index is 0.170. The molecule has 3 aromatic carbocycles. The van der Waals surface area contributed by atoms with Crippen molar-refractivity contribution in [1.82, 2.24) is 5.32 Å². The van der Waals surface area contributed by atoms with Crippen molar-refractivity contribution in [2.24, 2.45) is 5.92 Å². The number of benzene rings is 3. The summed E-state index contributed by atoms with van der Waals surface area (Å²) in [6.45, 7) is 8.34. The molecule has 186 valence electrons. The fraction of sp³-hybridized carbons (Fsp3) is 0.286. The third kappa shape index (κ3) is 4.06. The number of anilines is 2. The van der Waals surface area contributed by atoms with Gasteiger partial charge in [-0.05, 0) is 81.9 Å². The van der Waals surface area contributed by atoms with Crippen molar-refractivity contribution in [2.45, 2.75) is 39.5 Å². The van der Waals surface area contributed by atoms with Crippen LogP contribution in [0.15, 0.2) is 60.7 Å². The largest absolute Gasteiger partial charge is 0.490 e. The van der Waals surface area contributed by atoms with E-state index >= 15 is 0 Å². The van der Waals surface area contributed by atoms with Crippen LogP contribution in [0.2, 0.25) is 5.02 Å². The Balaban J connectivity index is 1.64. The first kappa shape index (κ1) is 24.4. The number of ether oxygens (including phenoxy) is 2. The number of amides is 1. The minimum atomic E-state index is -1.15.